The van der Waals surface area contributed by atoms with Crippen LogP contribution in [0.3, 0.4) is 0 Å². The van der Waals surface area contributed by atoms with E-state index in [0.29, 0.717) is 0 Å². The Labute approximate surface area is 98.1 Å². The second kappa shape index (κ2) is 5.79. The maximum Gasteiger partial charge on any atom is 0.0172 e. The number of benzene rings is 2. The molecule has 0 heterocycles. The van der Waals surface area contributed by atoms with Crippen molar-refractivity contribution in [3.63, 3.8) is 0 Å². The topological polar surface area (TPSA) is 26.0 Å². The molecule has 0 radical (unpaired) electrons. The average molecular weight is 229 g/mol. The van der Waals surface area contributed by atoms with Crippen LogP contribution in [0.2, 0.25) is 0 Å². The van der Waals surface area contributed by atoms with Crippen molar-refractivity contribution in [2.24, 2.45) is 5.73 Å². The minimum absolute atomic E-state index is 0.252. The molecule has 0 bridgehead atoms. The van der Waals surface area contributed by atoms with E-state index >= 15 is 0 Å². The third-order valence-electron chi connectivity index (χ3n) is 2.56. The summed E-state index contributed by atoms with van der Waals surface area (Å²) in [5.41, 5.74) is 7.26. The van der Waals surface area contributed by atoms with Crippen LogP contribution in [0.1, 0.15) is 5.56 Å². The summed E-state index contributed by atoms with van der Waals surface area (Å²) in [5, 5.41) is 1.39. The van der Waals surface area contributed by atoms with Gasteiger partial charge in [0.1, 0.15) is 0 Å². The molecule has 0 aromatic heterocycles. The van der Waals surface area contributed by atoms with Gasteiger partial charge < -0.3 is 5.73 Å². The molecule has 2 aromatic carbocycles. The number of hydrogen-bond donors (Lipinski definition) is 1. The van der Waals surface area contributed by atoms with Crippen LogP contribution in [0.4, 0.5) is 0 Å². The molecule has 2 rings (SSSR count). The van der Waals surface area contributed by atoms with E-state index in [1.54, 1.807) is 0 Å². The molecule has 82 valence electrons. The van der Waals surface area contributed by atoms with E-state index in [0.717, 1.165) is 12.4 Å². The molecule has 0 saturated heterocycles. The van der Waals surface area contributed by atoms with Gasteiger partial charge in [0, 0.05) is 6.29 Å². The predicted octanol–water partition coefficient (Wildman–Crippen LogP) is 2.91. The van der Waals surface area contributed by atoms with E-state index < -0.39 is 0 Å². The highest BCUT2D eigenvalue weighted by atomic mass is 31.1. The van der Waals surface area contributed by atoms with E-state index in [1.807, 2.05) is 0 Å². The van der Waals surface area contributed by atoms with Crippen LogP contribution < -0.4 is 11.0 Å². The Balaban J connectivity index is 2.13. The van der Waals surface area contributed by atoms with Crippen molar-refractivity contribution in [3.05, 3.63) is 66.2 Å². The van der Waals surface area contributed by atoms with Gasteiger partial charge in [-0.25, -0.2) is 0 Å². The van der Waals surface area contributed by atoms with Crippen molar-refractivity contribution in [2.75, 3.05) is 6.29 Å². The molecule has 1 unspecified atom stereocenters. The minimum atomic E-state index is -0.252. The van der Waals surface area contributed by atoms with Crippen molar-refractivity contribution in [1.29, 1.82) is 0 Å². The summed E-state index contributed by atoms with van der Waals surface area (Å²) in [7, 11) is -0.252. The molecule has 1 atom stereocenters. The highest BCUT2D eigenvalue weighted by Gasteiger charge is 2.08. The number of rotatable bonds is 4. The summed E-state index contributed by atoms with van der Waals surface area (Å²) in [6.45, 7) is 0. The zero-order valence-electron chi connectivity index (χ0n) is 9.21. The highest BCUT2D eigenvalue weighted by molar-refractivity contribution is 7.64. The van der Waals surface area contributed by atoms with Crippen molar-refractivity contribution < 1.29 is 0 Å². The average Bonchev–Trinajstić information content (AvgIpc) is 2.38. The van der Waals surface area contributed by atoms with Gasteiger partial charge in [-0.05, 0) is 17.0 Å². The van der Waals surface area contributed by atoms with Gasteiger partial charge in [0.2, 0.25) is 0 Å². The summed E-state index contributed by atoms with van der Waals surface area (Å²) in [4.78, 5) is 0. The Morgan fingerprint density at radius 1 is 0.812 bits per heavy atom. The minimum Gasteiger partial charge on any atom is -0.326 e. The van der Waals surface area contributed by atoms with E-state index in [1.165, 1.54) is 10.9 Å². The third kappa shape index (κ3) is 2.91. The maximum atomic E-state index is 5.88. The fraction of sp³-hybridized carbons (Fsp3) is 0.143. The highest BCUT2D eigenvalue weighted by Crippen LogP contribution is 2.36. The van der Waals surface area contributed by atoms with Crippen LogP contribution >= 0.6 is 7.92 Å². The fourth-order valence-electron chi connectivity index (χ4n) is 1.70. The molecule has 0 spiro atoms. The largest absolute Gasteiger partial charge is 0.326 e. The Bertz CT molecular complexity index is 413. The first kappa shape index (κ1) is 11.3. The molecule has 2 aromatic rings. The molecule has 0 aliphatic heterocycles. The van der Waals surface area contributed by atoms with Gasteiger partial charge in [0.05, 0.1) is 0 Å². The van der Waals surface area contributed by atoms with Gasteiger partial charge in [-0.2, -0.15) is 0 Å². The van der Waals surface area contributed by atoms with Crippen LogP contribution in [-0.2, 0) is 6.16 Å². The van der Waals surface area contributed by atoms with Crippen LogP contribution in [0.15, 0.2) is 60.7 Å². The zero-order chi connectivity index (χ0) is 11.2. The van der Waals surface area contributed by atoms with Crippen molar-refractivity contribution in [2.45, 2.75) is 6.16 Å². The van der Waals surface area contributed by atoms with Gasteiger partial charge >= 0.3 is 0 Å². The van der Waals surface area contributed by atoms with Gasteiger partial charge in [-0.15, -0.1) is 0 Å². The SMILES string of the molecule is NCP(Cc1ccccc1)c1ccccc1. The monoisotopic (exact) mass is 229 g/mol. The van der Waals surface area contributed by atoms with E-state index in [4.69, 9.17) is 5.73 Å². The maximum absolute atomic E-state index is 5.88. The Hall–Kier alpha value is -1.17. The smallest absolute Gasteiger partial charge is 0.0172 e. The lowest BCUT2D eigenvalue weighted by molar-refractivity contribution is 1.32. The van der Waals surface area contributed by atoms with Gasteiger partial charge in [0.15, 0.2) is 0 Å². The van der Waals surface area contributed by atoms with E-state index in [9.17, 15) is 0 Å². The third-order valence-corrected chi connectivity index (χ3v) is 4.77. The summed E-state index contributed by atoms with van der Waals surface area (Å²) < 4.78 is 0. The first-order valence-corrected chi connectivity index (χ1v) is 7.15. The molecule has 16 heavy (non-hydrogen) atoms. The molecule has 0 fully saturated rings. The van der Waals surface area contributed by atoms with Gasteiger partial charge in [-0.3, -0.25) is 0 Å². The van der Waals surface area contributed by atoms with Crippen molar-refractivity contribution in [1.82, 2.24) is 0 Å². The molecular weight excluding hydrogens is 213 g/mol. The molecular formula is C14H16NP. The van der Waals surface area contributed by atoms with Crippen LogP contribution in [0.5, 0.6) is 0 Å². The number of nitrogens with two attached hydrogens (primary N) is 1. The van der Waals surface area contributed by atoms with E-state index in [-0.39, 0.29) is 7.92 Å². The normalized spacial score (nSPS) is 12.3. The lowest BCUT2D eigenvalue weighted by atomic mass is 10.2. The molecule has 1 nitrogen and oxygen atoms in total. The van der Waals surface area contributed by atoms with Crippen LogP contribution in [0.25, 0.3) is 0 Å². The first-order valence-electron chi connectivity index (χ1n) is 5.44. The molecule has 0 amide bonds. The lowest BCUT2D eigenvalue weighted by Crippen LogP contribution is -2.10. The van der Waals surface area contributed by atoms with Gasteiger partial charge in [-0.1, -0.05) is 68.6 Å². The van der Waals surface area contributed by atoms with E-state index in [2.05, 4.69) is 60.7 Å². The molecule has 0 aliphatic rings. The Morgan fingerprint density at radius 2 is 1.38 bits per heavy atom. The first-order chi connectivity index (χ1) is 7.90. The molecule has 0 saturated carbocycles. The second-order valence-corrected chi connectivity index (χ2v) is 5.98. The zero-order valence-corrected chi connectivity index (χ0v) is 10.1. The predicted molar refractivity (Wildman–Crippen MR) is 72.2 cm³/mol. The van der Waals surface area contributed by atoms with Crippen molar-refractivity contribution in [3.8, 4) is 0 Å². The molecule has 0 aliphatic carbocycles. The Morgan fingerprint density at radius 3 is 1.94 bits per heavy atom. The standard InChI is InChI=1S/C14H16NP/c15-12-16(14-9-5-2-6-10-14)11-13-7-3-1-4-8-13/h1-10H,11-12,15H2. The molecule has 2 heteroatoms. The summed E-state index contributed by atoms with van der Waals surface area (Å²) in [6.07, 6.45) is 1.84. The quantitative estimate of drug-likeness (QED) is 0.801. The molecule has 2 N–H and O–H groups in total. The summed E-state index contributed by atoms with van der Waals surface area (Å²) >= 11 is 0. The lowest BCUT2D eigenvalue weighted by Gasteiger charge is -2.15. The van der Waals surface area contributed by atoms with Crippen molar-refractivity contribution >= 4 is 13.2 Å². The fourth-order valence-corrected chi connectivity index (χ4v) is 3.47. The Kier molecular flexibility index (Phi) is 4.10. The summed E-state index contributed by atoms with van der Waals surface area (Å²) in [6, 6.07) is 21.2. The second-order valence-electron chi connectivity index (χ2n) is 3.70. The number of hydrogen-bond acceptors (Lipinski definition) is 1. The van der Waals surface area contributed by atoms with Crippen LogP contribution in [0, 0.1) is 0 Å². The summed E-state index contributed by atoms with van der Waals surface area (Å²) in [5.74, 6) is 0. The van der Waals surface area contributed by atoms with Gasteiger partial charge in [0.25, 0.3) is 0 Å². The van der Waals surface area contributed by atoms with Crippen LogP contribution in [-0.4, -0.2) is 6.29 Å².